The van der Waals surface area contributed by atoms with Crippen molar-refractivity contribution in [2.45, 2.75) is 20.0 Å². The second kappa shape index (κ2) is 5.48. The second-order valence-electron chi connectivity index (χ2n) is 3.22. The quantitative estimate of drug-likeness (QED) is 0.783. The third-order valence-corrected chi connectivity index (χ3v) is 2.54. The summed E-state index contributed by atoms with van der Waals surface area (Å²) in [6.07, 6.45) is 0.257. The van der Waals surface area contributed by atoms with Gasteiger partial charge in [0.15, 0.2) is 11.0 Å². The van der Waals surface area contributed by atoms with Crippen LogP contribution in [0.25, 0.3) is 0 Å². The first-order valence-electron chi connectivity index (χ1n) is 4.42. The summed E-state index contributed by atoms with van der Waals surface area (Å²) in [6, 6.07) is 0. The van der Waals surface area contributed by atoms with Crippen LogP contribution in [0.5, 0.6) is 0 Å². The van der Waals surface area contributed by atoms with Crippen LogP contribution in [0.3, 0.4) is 0 Å². The van der Waals surface area contributed by atoms with Crippen molar-refractivity contribution in [3.63, 3.8) is 0 Å². The van der Waals surface area contributed by atoms with E-state index in [1.165, 1.54) is 0 Å². The Balaban J connectivity index is 2.36. The van der Waals surface area contributed by atoms with Gasteiger partial charge in [-0.2, -0.15) is 8.75 Å². The summed E-state index contributed by atoms with van der Waals surface area (Å²) in [5.74, 6) is 0.726. The highest BCUT2D eigenvalue weighted by atomic mass is 35.5. The monoisotopic (exact) mass is 235 g/mol. The standard InChI is InChI=1S/C8H14ClN3OS/c1-6(2)13-5-4-12(3)8-7(9)10-14-11-8/h6H,4-5H2,1-3H3. The van der Waals surface area contributed by atoms with Crippen molar-refractivity contribution >= 4 is 29.1 Å². The molecule has 1 rings (SSSR count). The lowest BCUT2D eigenvalue weighted by atomic mass is 10.5. The van der Waals surface area contributed by atoms with Crippen molar-refractivity contribution in [3.05, 3.63) is 5.15 Å². The van der Waals surface area contributed by atoms with Gasteiger partial charge in [-0.15, -0.1) is 0 Å². The largest absolute Gasteiger partial charge is 0.377 e. The van der Waals surface area contributed by atoms with Gasteiger partial charge in [0.2, 0.25) is 0 Å². The fourth-order valence-corrected chi connectivity index (χ4v) is 1.76. The van der Waals surface area contributed by atoms with Crippen LogP contribution in [-0.4, -0.2) is 35.1 Å². The first-order chi connectivity index (χ1) is 6.61. The molecular weight excluding hydrogens is 222 g/mol. The molecule has 0 aliphatic rings. The average molecular weight is 236 g/mol. The topological polar surface area (TPSA) is 38.2 Å². The number of hydrogen-bond acceptors (Lipinski definition) is 5. The molecule has 0 spiro atoms. The first-order valence-corrected chi connectivity index (χ1v) is 5.53. The minimum absolute atomic E-state index is 0.257. The molecule has 4 nitrogen and oxygen atoms in total. The maximum absolute atomic E-state index is 5.83. The van der Waals surface area contributed by atoms with Crippen molar-refractivity contribution in [2.75, 3.05) is 25.1 Å². The summed E-state index contributed by atoms with van der Waals surface area (Å²) in [7, 11) is 1.92. The Morgan fingerprint density at radius 3 is 2.71 bits per heavy atom. The molecule has 0 unspecified atom stereocenters. The van der Waals surface area contributed by atoms with Crippen molar-refractivity contribution in [3.8, 4) is 0 Å². The van der Waals surface area contributed by atoms with E-state index in [4.69, 9.17) is 16.3 Å². The Morgan fingerprint density at radius 2 is 2.21 bits per heavy atom. The summed E-state index contributed by atoms with van der Waals surface area (Å²) in [5, 5.41) is 0.460. The number of likely N-dealkylation sites (N-methyl/N-ethyl adjacent to an activating group) is 1. The summed E-state index contributed by atoms with van der Waals surface area (Å²) in [5.41, 5.74) is 0. The number of rotatable bonds is 5. The van der Waals surface area contributed by atoms with E-state index in [1.54, 1.807) is 0 Å². The lowest BCUT2D eigenvalue weighted by Crippen LogP contribution is -2.24. The van der Waals surface area contributed by atoms with E-state index < -0.39 is 0 Å². The van der Waals surface area contributed by atoms with Gasteiger partial charge in [0.05, 0.1) is 24.4 Å². The molecule has 0 aliphatic heterocycles. The van der Waals surface area contributed by atoms with Crippen molar-refractivity contribution in [1.82, 2.24) is 8.75 Å². The molecule has 1 heterocycles. The van der Waals surface area contributed by atoms with Gasteiger partial charge in [-0.25, -0.2) is 0 Å². The van der Waals surface area contributed by atoms with Crippen LogP contribution in [0.1, 0.15) is 13.8 Å². The van der Waals surface area contributed by atoms with Crippen molar-refractivity contribution < 1.29 is 4.74 Å². The van der Waals surface area contributed by atoms with Crippen LogP contribution in [0.15, 0.2) is 0 Å². The SMILES string of the molecule is CC(C)OCCN(C)c1nsnc1Cl. The fourth-order valence-electron chi connectivity index (χ4n) is 0.932. The highest BCUT2D eigenvalue weighted by molar-refractivity contribution is 6.99. The maximum atomic E-state index is 5.83. The smallest absolute Gasteiger partial charge is 0.187 e. The predicted octanol–water partition coefficient (Wildman–Crippen LogP) is 2.05. The van der Waals surface area contributed by atoms with E-state index in [0.717, 1.165) is 24.1 Å². The number of ether oxygens (including phenoxy) is 1. The Hall–Kier alpha value is -0.390. The Labute approximate surface area is 93.2 Å². The number of nitrogens with zero attached hydrogens (tertiary/aromatic N) is 3. The highest BCUT2D eigenvalue weighted by Gasteiger charge is 2.10. The van der Waals surface area contributed by atoms with Gasteiger partial charge in [-0.05, 0) is 13.8 Å². The molecule has 80 valence electrons. The van der Waals surface area contributed by atoms with Crippen LogP contribution in [0.2, 0.25) is 5.15 Å². The molecule has 6 heteroatoms. The first kappa shape index (κ1) is 11.7. The third kappa shape index (κ3) is 3.40. The van der Waals surface area contributed by atoms with Crippen LogP contribution in [0, 0.1) is 0 Å². The van der Waals surface area contributed by atoms with Crippen LogP contribution >= 0.6 is 23.3 Å². The van der Waals surface area contributed by atoms with Crippen LogP contribution < -0.4 is 4.90 Å². The van der Waals surface area contributed by atoms with Gasteiger partial charge < -0.3 is 9.64 Å². The molecule has 1 aromatic heterocycles. The molecule has 0 amide bonds. The molecule has 0 saturated carbocycles. The highest BCUT2D eigenvalue weighted by Crippen LogP contribution is 2.20. The Kier molecular flexibility index (Phi) is 4.57. The van der Waals surface area contributed by atoms with Gasteiger partial charge in [-0.1, -0.05) is 11.6 Å². The van der Waals surface area contributed by atoms with Gasteiger partial charge in [0, 0.05) is 13.6 Å². The number of aromatic nitrogens is 2. The normalized spacial score (nSPS) is 10.9. The van der Waals surface area contributed by atoms with E-state index in [9.17, 15) is 0 Å². The average Bonchev–Trinajstić information content (AvgIpc) is 2.50. The van der Waals surface area contributed by atoms with Gasteiger partial charge >= 0.3 is 0 Å². The molecule has 0 radical (unpaired) electrons. The minimum atomic E-state index is 0.257. The zero-order valence-corrected chi connectivity index (χ0v) is 10.1. The summed E-state index contributed by atoms with van der Waals surface area (Å²) in [4.78, 5) is 1.94. The molecule has 0 aliphatic carbocycles. The van der Waals surface area contributed by atoms with Crippen molar-refractivity contribution in [2.24, 2.45) is 0 Å². The van der Waals surface area contributed by atoms with Gasteiger partial charge in [-0.3, -0.25) is 0 Å². The lowest BCUT2D eigenvalue weighted by Gasteiger charge is -2.16. The maximum Gasteiger partial charge on any atom is 0.187 e. The zero-order chi connectivity index (χ0) is 10.6. The van der Waals surface area contributed by atoms with E-state index >= 15 is 0 Å². The van der Waals surface area contributed by atoms with Gasteiger partial charge in [0.1, 0.15) is 0 Å². The number of anilines is 1. The van der Waals surface area contributed by atoms with E-state index in [1.807, 2.05) is 25.8 Å². The van der Waals surface area contributed by atoms with Crippen molar-refractivity contribution in [1.29, 1.82) is 0 Å². The molecule has 0 N–H and O–H groups in total. The molecule has 0 bridgehead atoms. The van der Waals surface area contributed by atoms with E-state index in [2.05, 4.69) is 8.75 Å². The molecule has 0 saturated heterocycles. The fraction of sp³-hybridized carbons (Fsp3) is 0.750. The number of halogens is 1. The number of hydrogen-bond donors (Lipinski definition) is 0. The summed E-state index contributed by atoms with van der Waals surface area (Å²) in [6.45, 7) is 5.46. The van der Waals surface area contributed by atoms with E-state index in [-0.39, 0.29) is 6.10 Å². The Morgan fingerprint density at radius 1 is 1.50 bits per heavy atom. The Bertz CT molecular complexity index is 279. The molecule has 0 fully saturated rings. The van der Waals surface area contributed by atoms with Gasteiger partial charge in [0.25, 0.3) is 0 Å². The molecular formula is C8H14ClN3OS. The van der Waals surface area contributed by atoms with E-state index in [0.29, 0.717) is 11.8 Å². The summed E-state index contributed by atoms with van der Waals surface area (Å²) < 4.78 is 13.4. The summed E-state index contributed by atoms with van der Waals surface area (Å²) >= 11 is 6.95. The van der Waals surface area contributed by atoms with Crippen LogP contribution in [0.4, 0.5) is 5.82 Å². The predicted molar refractivity (Wildman–Crippen MR) is 59.3 cm³/mol. The molecule has 14 heavy (non-hydrogen) atoms. The molecule has 0 aromatic carbocycles. The lowest BCUT2D eigenvalue weighted by molar-refractivity contribution is 0.0845. The zero-order valence-electron chi connectivity index (χ0n) is 8.53. The molecule has 1 aromatic rings. The van der Waals surface area contributed by atoms with Crippen LogP contribution in [-0.2, 0) is 4.74 Å². The second-order valence-corrected chi connectivity index (χ2v) is 4.11. The third-order valence-electron chi connectivity index (χ3n) is 1.67. The minimum Gasteiger partial charge on any atom is -0.377 e. The molecule has 0 atom stereocenters.